The number of benzene rings is 1. The number of fused-ring (bicyclic) bond motifs is 1. The molecule has 2 atom stereocenters. The molecular weight excluding hydrogens is 352 g/mol. The van der Waals surface area contributed by atoms with E-state index in [0.717, 1.165) is 63.0 Å². The van der Waals surface area contributed by atoms with E-state index in [1.165, 1.54) is 0 Å². The van der Waals surface area contributed by atoms with E-state index in [-0.39, 0.29) is 17.9 Å². The van der Waals surface area contributed by atoms with Gasteiger partial charge < -0.3 is 9.80 Å². The van der Waals surface area contributed by atoms with E-state index >= 15 is 0 Å². The van der Waals surface area contributed by atoms with Crippen molar-refractivity contribution < 1.29 is 9.59 Å². The molecule has 3 aliphatic rings. The predicted octanol–water partition coefficient (Wildman–Crippen LogP) is 2.94. The number of nitrogens with zero attached hydrogens (tertiary/aromatic N) is 3. The number of H-pyrrole nitrogens is 1. The number of hydrogen-bond acceptors (Lipinski definition) is 3. The molecule has 0 spiro atoms. The maximum atomic E-state index is 13.2. The van der Waals surface area contributed by atoms with Crippen molar-refractivity contribution in [2.24, 2.45) is 11.8 Å². The van der Waals surface area contributed by atoms with Gasteiger partial charge in [0.05, 0.1) is 5.69 Å². The Morgan fingerprint density at radius 2 is 1.86 bits per heavy atom. The number of hydrogen-bond donors (Lipinski definition) is 1. The average molecular weight is 378 g/mol. The van der Waals surface area contributed by atoms with Gasteiger partial charge in [0.2, 0.25) is 5.91 Å². The van der Waals surface area contributed by atoms with Crippen LogP contribution in [0, 0.1) is 11.8 Å². The van der Waals surface area contributed by atoms with Crippen LogP contribution in [-0.2, 0) is 4.79 Å². The van der Waals surface area contributed by atoms with E-state index in [1.807, 2.05) is 41.3 Å². The molecule has 2 aliphatic heterocycles. The number of carbonyl (C=O) groups is 2. The summed E-state index contributed by atoms with van der Waals surface area (Å²) in [7, 11) is 0. The average Bonchev–Trinajstić information content (AvgIpc) is 3.48. The zero-order valence-electron chi connectivity index (χ0n) is 16.0. The molecule has 0 bridgehead atoms. The quantitative estimate of drug-likeness (QED) is 0.893. The maximum absolute atomic E-state index is 13.2. The topological polar surface area (TPSA) is 69.3 Å². The first-order valence-electron chi connectivity index (χ1n) is 10.4. The lowest BCUT2D eigenvalue weighted by atomic mass is 9.83. The number of carbonyl (C=O) groups excluding carboxylic acids is 2. The van der Waals surface area contributed by atoms with Gasteiger partial charge in [0.25, 0.3) is 5.91 Å². The fourth-order valence-corrected chi connectivity index (χ4v) is 4.79. The third kappa shape index (κ3) is 3.21. The van der Waals surface area contributed by atoms with Crippen molar-refractivity contribution in [3.8, 4) is 11.3 Å². The maximum Gasteiger partial charge on any atom is 0.272 e. The molecule has 5 rings (SSSR count). The number of piperidine rings is 2. The fourth-order valence-electron chi connectivity index (χ4n) is 4.79. The van der Waals surface area contributed by atoms with Crippen molar-refractivity contribution in [3.05, 3.63) is 42.1 Å². The van der Waals surface area contributed by atoms with Crippen molar-refractivity contribution in [1.29, 1.82) is 0 Å². The van der Waals surface area contributed by atoms with E-state index in [0.29, 0.717) is 17.5 Å². The van der Waals surface area contributed by atoms with Crippen LogP contribution in [0.2, 0.25) is 0 Å². The van der Waals surface area contributed by atoms with Gasteiger partial charge in [0.1, 0.15) is 5.69 Å². The highest BCUT2D eigenvalue weighted by Crippen LogP contribution is 2.36. The molecular formula is C22H26N4O2. The van der Waals surface area contributed by atoms with Crippen LogP contribution < -0.4 is 0 Å². The van der Waals surface area contributed by atoms with Gasteiger partial charge in [-0.3, -0.25) is 14.7 Å². The predicted molar refractivity (Wildman–Crippen MR) is 105 cm³/mol. The van der Waals surface area contributed by atoms with Crippen LogP contribution in [0.15, 0.2) is 36.4 Å². The van der Waals surface area contributed by atoms with Gasteiger partial charge in [0, 0.05) is 37.2 Å². The van der Waals surface area contributed by atoms with Crippen LogP contribution >= 0.6 is 0 Å². The second kappa shape index (κ2) is 7.08. The van der Waals surface area contributed by atoms with Crippen molar-refractivity contribution in [1.82, 2.24) is 20.0 Å². The molecule has 1 aliphatic carbocycles. The zero-order valence-corrected chi connectivity index (χ0v) is 16.0. The number of aromatic nitrogens is 2. The van der Waals surface area contributed by atoms with Gasteiger partial charge in [-0.1, -0.05) is 30.3 Å². The first-order valence-corrected chi connectivity index (χ1v) is 10.4. The van der Waals surface area contributed by atoms with E-state index in [9.17, 15) is 9.59 Å². The molecule has 1 aromatic carbocycles. The molecule has 6 nitrogen and oxygen atoms in total. The minimum atomic E-state index is 0.0337. The Morgan fingerprint density at radius 1 is 1.04 bits per heavy atom. The monoisotopic (exact) mass is 378 g/mol. The van der Waals surface area contributed by atoms with Crippen LogP contribution in [0.25, 0.3) is 11.3 Å². The van der Waals surface area contributed by atoms with Crippen LogP contribution in [0.5, 0.6) is 0 Å². The standard InChI is InChI=1S/C22H26N4O2/c27-21(16-8-9-16)25-12-10-20-17(14-25)7-4-11-26(20)22(28)19-13-18(23-24-19)15-5-2-1-3-6-15/h1-3,5-6,13,16-17,20H,4,7-12,14H2,(H,23,24)/t17-,20+/m1/s1. The Hall–Kier alpha value is -2.63. The highest BCUT2D eigenvalue weighted by atomic mass is 16.2. The Labute approximate surface area is 164 Å². The third-order valence-electron chi connectivity index (χ3n) is 6.45. The lowest BCUT2D eigenvalue weighted by Gasteiger charge is -2.47. The van der Waals surface area contributed by atoms with Crippen LogP contribution in [-0.4, -0.2) is 57.5 Å². The van der Waals surface area contributed by atoms with Gasteiger partial charge >= 0.3 is 0 Å². The van der Waals surface area contributed by atoms with Crippen molar-refractivity contribution >= 4 is 11.8 Å². The van der Waals surface area contributed by atoms with Gasteiger partial charge in [-0.2, -0.15) is 5.10 Å². The number of aromatic amines is 1. The summed E-state index contributed by atoms with van der Waals surface area (Å²) in [6.45, 7) is 2.37. The molecule has 2 amide bonds. The van der Waals surface area contributed by atoms with E-state index in [1.54, 1.807) is 0 Å². The second-order valence-electron chi connectivity index (χ2n) is 8.35. The largest absolute Gasteiger partial charge is 0.342 e. The number of likely N-dealkylation sites (tertiary alicyclic amines) is 2. The van der Waals surface area contributed by atoms with Crippen LogP contribution in [0.1, 0.15) is 42.6 Å². The Bertz CT molecular complexity index is 874. The number of rotatable bonds is 3. The minimum Gasteiger partial charge on any atom is -0.342 e. The molecule has 28 heavy (non-hydrogen) atoms. The molecule has 1 aromatic heterocycles. The summed E-state index contributed by atoms with van der Waals surface area (Å²) in [4.78, 5) is 29.7. The first kappa shape index (κ1) is 17.5. The van der Waals surface area contributed by atoms with Gasteiger partial charge in [0.15, 0.2) is 0 Å². The molecule has 2 saturated heterocycles. The van der Waals surface area contributed by atoms with Crippen molar-refractivity contribution in [3.63, 3.8) is 0 Å². The molecule has 3 fully saturated rings. The van der Waals surface area contributed by atoms with Gasteiger partial charge in [-0.25, -0.2) is 0 Å². The first-order chi connectivity index (χ1) is 13.7. The van der Waals surface area contributed by atoms with Crippen molar-refractivity contribution in [2.45, 2.75) is 38.1 Å². The third-order valence-corrected chi connectivity index (χ3v) is 6.45. The highest BCUT2D eigenvalue weighted by Gasteiger charge is 2.42. The summed E-state index contributed by atoms with van der Waals surface area (Å²) in [5.74, 6) is 1.04. The highest BCUT2D eigenvalue weighted by molar-refractivity contribution is 5.93. The minimum absolute atomic E-state index is 0.0337. The SMILES string of the molecule is O=C(C1CC1)N1CC[C@H]2[C@H](CCCN2C(=O)c2cc(-c3ccccc3)n[nH]2)C1. The van der Waals surface area contributed by atoms with E-state index < -0.39 is 0 Å². The van der Waals surface area contributed by atoms with Crippen molar-refractivity contribution in [2.75, 3.05) is 19.6 Å². The smallest absolute Gasteiger partial charge is 0.272 e. The summed E-state index contributed by atoms with van der Waals surface area (Å²) in [6, 6.07) is 12.0. The molecule has 0 radical (unpaired) electrons. The summed E-state index contributed by atoms with van der Waals surface area (Å²) in [5, 5.41) is 7.28. The fraction of sp³-hybridized carbons (Fsp3) is 0.500. The molecule has 2 aromatic rings. The lowest BCUT2D eigenvalue weighted by Crippen LogP contribution is -2.56. The van der Waals surface area contributed by atoms with E-state index in [2.05, 4.69) is 15.1 Å². The van der Waals surface area contributed by atoms with Crippen LogP contribution in [0.4, 0.5) is 0 Å². The summed E-state index contributed by atoms with van der Waals surface area (Å²) in [6.07, 6.45) is 5.09. The van der Waals surface area contributed by atoms with Crippen LogP contribution in [0.3, 0.4) is 0 Å². The summed E-state index contributed by atoms with van der Waals surface area (Å²) < 4.78 is 0. The Balaban J connectivity index is 1.30. The number of amides is 2. The van der Waals surface area contributed by atoms with Gasteiger partial charge in [-0.15, -0.1) is 0 Å². The normalized spacial score (nSPS) is 24.7. The Kier molecular flexibility index (Phi) is 4.41. The van der Waals surface area contributed by atoms with Gasteiger partial charge in [-0.05, 0) is 44.1 Å². The number of nitrogens with one attached hydrogen (secondary N) is 1. The zero-order chi connectivity index (χ0) is 19.1. The molecule has 3 heterocycles. The molecule has 1 N–H and O–H groups in total. The molecule has 0 unspecified atom stereocenters. The lowest BCUT2D eigenvalue weighted by molar-refractivity contribution is -0.135. The molecule has 1 saturated carbocycles. The summed E-state index contributed by atoms with van der Waals surface area (Å²) >= 11 is 0. The molecule has 6 heteroatoms. The van der Waals surface area contributed by atoms with E-state index in [4.69, 9.17) is 0 Å². The summed E-state index contributed by atoms with van der Waals surface area (Å²) in [5.41, 5.74) is 2.35. The molecule has 146 valence electrons. The second-order valence-corrected chi connectivity index (χ2v) is 8.35. The Morgan fingerprint density at radius 3 is 2.64 bits per heavy atom.